The van der Waals surface area contributed by atoms with E-state index >= 15 is 0 Å². The number of rotatable bonds is 10. The topological polar surface area (TPSA) is 94.5 Å². The van der Waals surface area contributed by atoms with Gasteiger partial charge in [0.1, 0.15) is 0 Å². The number of methoxy groups -OCH3 is 2. The first-order valence-corrected chi connectivity index (χ1v) is 12.1. The van der Waals surface area contributed by atoms with E-state index < -0.39 is 0 Å². The summed E-state index contributed by atoms with van der Waals surface area (Å²) in [5.41, 5.74) is 4.10. The first kappa shape index (κ1) is 25.5. The lowest BCUT2D eigenvalue weighted by atomic mass is 10.1. The third-order valence-corrected chi connectivity index (χ3v) is 5.79. The van der Waals surface area contributed by atoms with E-state index in [-0.39, 0.29) is 24.1 Å². The summed E-state index contributed by atoms with van der Waals surface area (Å²) in [6, 6.07) is 22.5. The molecule has 0 bridgehead atoms. The van der Waals surface area contributed by atoms with Crippen LogP contribution in [0, 0.1) is 0 Å². The molecule has 4 aromatic rings. The Bertz CT molecular complexity index is 1380. The summed E-state index contributed by atoms with van der Waals surface area (Å²) in [5.74, 6) is 0.800. The second kappa shape index (κ2) is 11.9. The number of hydrogen-bond donors (Lipinski definition) is 2. The van der Waals surface area contributed by atoms with Crippen molar-refractivity contribution in [2.45, 2.75) is 26.3 Å². The fraction of sp³-hybridized carbons (Fsp3) is 0.207. The fourth-order valence-electron chi connectivity index (χ4n) is 3.95. The van der Waals surface area contributed by atoms with Crippen LogP contribution in [0.25, 0.3) is 16.8 Å². The van der Waals surface area contributed by atoms with Gasteiger partial charge in [-0.1, -0.05) is 43.3 Å². The van der Waals surface area contributed by atoms with Crippen molar-refractivity contribution in [3.8, 4) is 28.3 Å². The molecule has 0 aliphatic heterocycles. The second-order valence-corrected chi connectivity index (χ2v) is 8.42. The minimum Gasteiger partial charge on any atom is -0.493 e. The Hall–Kier alpha value is -4.59. The Balaban J connectivity index is 1.61. The standard InChI is InChI=1S/C29H30N4O4/c1-4-9-27(34)31-22-11-8-10-20(16-22)18-30-29(35)28-24(19-33(32-28)23-12-6-5-7-13-23)21-14-15-25(36-2)26(17-21)37-3/h5-8,10-17,19H,4,9,18H2,1-3H3,(H,30,35)(H,31,34). The van der Waals surface area contributed by atoms with Gasteiger partial charge in [-0.15, -0.1) is 0 Å². The number of carbonyl (C=O) groups is 2. The van der Waals surface area contributed by atoms with Crippen molar-refractivity contribution in [2.75, 3.05) is 19.5 Å². The molecule has 37 heavy (non-hydrogen) atoms. The Morgan fingerprint density at radius 1 is 0.919 bits per heavy atom. The highest BCUT2D eigenvalue weighted by atomic mass is 16.5. The predicted molar refractivity (Wildman–Crippen MR) is 143 cm³/mol. The first-order valence-electron chi connectivity index (χ1n) is 12.1. The van der Waals surface area contributed by atoms with Gasteiger partial charge in [0, 0.05) is 30.4 Å². The van der Waals surface area contributed by atoms with Crippen LogP contribution < -0.4 is 20.1 Å². The molecule has 0 spiro atoms. The number of nitrogens with one attached hydrogen (secondary N) is 2. The molecule has 1 heterocycles. The van der Waals surface area contributed by atoms with Gasteiger partial charge in [0.05, 0.1) is 19.9 Å². The van der Waals surface area contributed by atoms with Gasteiger partial charge in [-0.05, 0) is 53.9 Å². The Morgan fingerprint density at radius 3 is 2.43 bits per heavy atom. The van der Waals surface area contributed by atoms with Gasteiger partial charge in [-0.3, -0.25) is 9.59 Å². The van der Waals surface area contributed by atoms with Crippen molar-refractivity contribution < 1.29 is 19.1 Å². The third-order valence-electron chi connectivity index (χ3n) is 5.79. The summed E-state index contributed by atoms with van der Waals surface area (Å²) in [7, 11) is 3.15. The maximum Gasteiger partial charge on any atom is 0.272 e. The maximum absolute atomic E-state index is 13.4. The Kier molecular flexibility index (Phi) is 8.20. The molecule has 190 valence electrons. The molecule has 0 unspecified atom stereocenters. The highest BCUT2D eigenvalue weighted by molar-refractivity contribution is 5.99. The van der Waals surface area contributed by atoms with Crippen molar-refractivity contribution in [1.82, 2.24) is 15.1 Å². The van der Waals surface area contributed by atoms with Gasteiger partial charge >= 0.3 is 0 Å². The molecule has 0 aliphatic carbocycles. The van der Waals surface area contributed by atoms with Gasteiger partial charge < -0.3 is 20.1 Å². The van der Waals surface area contributed by atoms with Gasteiger partial charge in [-0.2, -0.15) is 5.10 Å². The third kappa shape index (κ3) is 6.16. The number of anilines is 1. The lowest BCUT2D eigenvalue weighted by Gasteiger charge is -2.10. The summed E-state index contributed by atoms with van der Waals surface area (Å²) in [4.78, 5) is 25.3. The zero-order valence-corrected chi connectivity index (χ0v) is 21.2. The fourth-order valence-corrected chi connectivity index (χ4v) is 3.95. The van der Waals surface area contributed by atoms with E-state index in [1.165, 1.54) is 0 Å². The molecule has 0 fully saturated rings. The van der Waals surface area contributed by atoms with Gasteiger partial charge in [0.15, 0.2) is 17.2 Å². The molecule has 2 amide bonds. The van der Waals surface area contributed by atoms with Crippen LogP contribution >= 0.6 is 0 Å². The largest absolute Gasteiger partial charge is 0.493 e. The van der Waals surface area contributed by atoms with Crippen LogP contribution in [-0.2, 0) is 11.3 Å². The van der Waals surface area contributed by atoms with Crippen LogP contribution in [-0.4, -0.2) is 35.8 Å². The zero-order valence-electron chi connectivity index (χ0n) is 21.2. The minimum absolute atomic E-state index is 0.0327. The quantitative estimate of drug-likeness (QED) is 0.312. The molecular weight excluding hydrogens is 468 g/mol. The predicted octanol–water partition coefficient (Wildman–Crippen LogP) is 5.23. The van der Waals surface area contributed by atoms with E-state index in [0.29, 0.717) is 29.2 Å². The molecule has 1 aromatic heterocycles. The highest BCUT2D eigenvalue weighted by Crippen LogP contribution is 2.34. The Morgan fingerprint density at radius 2 is 1.70 bits per heavy atom. The first-order chi connectivity index (χ1) is 18.0. The van der Waals surface area contributed by atoms with E-state index in [1.54, 1.807) is 25.0 Å². The highest BCUT2D eigenvalue weighted by Gasteiger charge is 2.20. The molecule has 0 radical (unpaired) electrons. The molecule has 3 aromatic carbocycles. The van der Waals surface area contributed by atoms with Gasteiger partial charge in [0.2, 0.25) is 5.91 Å². The number of carbonyl (C=O) groups excluding carboxylic acids is 2. The maximum atomic E-state index is 13.4. The minimum atomic E-state index is -0.320. The molecule has 0 saturated heterocycles. The van der Waals surface area contributed by atoms with Gasteiger partial charge in [0.25, 0.3) is 5.91 Å². The van der Waals surface area contributed by atoms with Crippen LogP contribution in [0.3, 0.4) is 0 Å². The molecular formula is C29H30N4O4. The summed E-state index contributed by atoms with van der Waals surface area (Å²) >= 11 is 0. The van der Waals surface area contributed by atoms with Crippen molar-refractivity contribution in [1.29, 1.82) is 0 Å². The number of nitrogens with zero attached hydrogens (tertiary/aromatic N) is 2. The molecule has 8 nitrogen and oxygen atoms in total. The molecule has 0 saturated carbocycles. The van der Waals surface area contributed by atoms with E-state index in [2.05, 4.69) is 15.7 Å². The van der Waals surface area contributed by atoms with Crippen molar-refractivity contribution in [3.63, 3.8) is 0 Å². The number of hydrogen-bond acceptors (Lipinski definition) is 5. The molecule has 8 heteroatoms. The Labute approximate surface area is 216 Å². The van der Waals surface area contributed by atoms with Gasteiger partial charge in [-0.25, -0.2) is 4.68 Å². The smallest absolute Gasteiger partial charge is 0.272 e. The number of ether oxygens (including phenoxy) is 2. The summed E-state index contributed by atoms with van der Waals surface area (Å²) in [6.07, 6.45) is 3.07. The number of benzene rings is 3. The van der Waals surface area contributed by atoms with E-state index in [0.717, 1.165) is 23.2 Å². The molecule has 0 aliphatic rings. The van der Waals surface area contributed by atoms with Crippen LogP contribution in [0.5, 0.6) is 11.5 Å². The number of amides is 2. The number of aromatic nitrogens is 2. The van der Waals surface area contributed by atoms with Crippen LogP contribution in [0.15, 0.2) is 79.0 Å². The number of para-hydroxylation sites is 1. The summed E-state index contributed by atoms with van der Waals surface area (Å²) in [5, 5.41) is 10.5. The van der Waals surface area contributed by atoms with E-state index in [4.69, 9.17) is 9.47 Å². The summed E-state index contributed by atoms with van der Waals surface area (Å²) in [6.45, 7) is 2.24. The summed E-state index contributed by atoms with van der Waals surface area (Å²) < 4.78 is 12.5. The monoisotopic (exact) mass is 498 g/mol. The molecule has 2 N–H and O–H groups in total. The lowest BCUT2D eigenvalue weighted by molar-refractivity contribution is -0.116. The molecule has 0 atom stereocenters. The average Bonchev–Trinajstić information content (AvgIpc) is 3.38. The van der Waals surface area contributed by atoms with E-state index in [1.807, 2.05) is 79.9 Å². The zero-order chi connectivity index (χ0) is 26.2. The van der Waals surface area contributed by atoms with Crippen molar-refractivity contribution in [3.05, 3.63) is 90.3 Å². The SMILES string of the molecule is CCCC(=O)Nc1cccc(CNC(=O)c2nn(-c3ccccc3)cc2-c2ccc(OC)c(OC)c2)c1. The van der Waals surface area contributed by atoms with Crippen molar-refractivity contribution >= 4 is 17.5 Å². The van der Waals surface area contributed by atoms with Crippen molar-refractivity contribution in [2.24, 2.45) is 0 Å². The van der Waals surface area contributed by atoms with Crippen LogP contribution in [0.2, 0.25) is 0 Å². The van der Waals surface area contributed by atoms with Crippen LogP contribution in [0.4, 0.5) is 5.69 Å². The molecule has 4 rings (SSSR count). The lowest BCUT2D eigenvalue weighted by Crippen LogP contribution is -2.24. The second-order valence-electron chi connectivity index (χ2n) is 8.42. The van der Waals surface area contributed by atoms with E-state index in [9.17, 15) is 9.59 Å². The normalized spacial score (nSPS) is 10.6. The average molecular weight is 499 g/mol. The van der Waals surface area contributed by atoms with Crippen LogP contribution in [0.1, 0.15) is 35.8 Å².